The quantitative estimate of drug-likeness (QED) is 0.394. The van der Waals surface area contributed by atoms with Gasteiger partial charge in [0.1, 0.15) is 5.75 Å². The van der Waals surface area contributed by atoms with Crippen molar-refractivity contribution >= 4 is 43.2 Å². The lowest BCUT2D eigenvalue weighted by Gasteiger charge is -2.30. The van der Waals surface area contributed by atoms with E-state index in [4.69, 9.17) is 0 Å². The second kappa shape index (κ2) is 8.87. The Hall–Kier alpha value is -3.05. The lowest BCUT2D eigenvalue weighted by Crippen LogP contribution is -2.38. The molecule has 0 aromatic heterocycles. The molecule has 3 aromatic rings. The molecule has 0 radical (unpaired) electrons. The molecule has 1 amide bonds. The minimum atomic E-state index is -4.45. The van der Waals surface area contributed by atoms with Crippen LogP contribution < -0.4 is 9.62 Å². The maximum absolute atomic E-state index is 13.3. The van der Waals surface area contributed by atoms with Crippen LogP contribution in [0.15, 0.2) is 53.0 Å². The molecule has 3 aromatic carbocycles. The average Bonchev–Trinajstić information content (AvgIpc) is 2.75. The normalized spacial score (nSPS) is 14.1. The number of hydrogen-bond donors (Lipinski definition) is 2. The molecule has 0 bridgehead atoms. The highest BCUT2D eigenvalue weighted by molar-refractivity contribution is 9.10. The lowest BCUT2D eigenvalue weighted by molar-refractivity contribution is -0.137. The molecular weight excluding hydrogens is 549 g/mol. The van der Waals surface area contributed by atoms with E-state index in [9.17, 15) is 31.5 Å². The number of sulfonamides is 1. The standard InChI is InChI=1S/C24H20BrF3N2O4S/c1-13-16(18-5-3-14(11-20(18)25)24(26,27)28)6-7-19-17(13)9-10-30(23(19)32)15-4-8-22(31)21(12-15)29-35(2,33)34/h3-8,11-12,29,31H,9-10H2,1-2H3. The van der Waals surface area contributed by atoms with Crippen LogP contribution in [0.1, 0.15) is 27.0 Å². The van der Waals surface area contributed by atoms with Crippen molar-refractivity contribution in [2.75, 3.05) is 22.4 Å². The maximum atomic E-state index is 13.3. The van der Waals surface area contributed by atoms with Crippen molar-refractivity contribution in [3.8, 4) is 16.9 Å². The number of phenolic OH excluding ortho intramolecular Hbond substituents is 1. The SMILES string of the molecule is Cc1c(-c2ccc(C(F)(F)F)cc2Br)ccc2c1CCN(c1ccc(O)c(NS(C)(=O)=O)c1)C2=O. The zero-order chi connectivity index (χ0) is 25.7. The van der Waals surface area contributed by atoms with Gasteiger partial charge < -0.3 is 10.0 Å². The zero-order valence-corrected chi connectivity index (χ0v) is 21.0. The van der Waals surface area contributed by atoms with Crippen LogP contribution >= 0.6 is 15.9 Å². The molecule has 0 saturated carbocycles. The van der Waals surface area contributed by atoms with E-state index >= 15 is 0 Å². The summed E-state index contributed by atoms with van der Waals surface area (Å²) in [7, 11) is -3.64. The minimum Gasteiger partial charge on any atom is -0.506 e. The molecular formula is C24H20BrF3N2O4S. The minimum absolute atomic E-state index is 0.0396. The van der Waals surface area contributed by atoms with Gasteiger partial charge in [-0.25, -0.2) is 8.42 Å². The third-order valence-corrected chi connectivity index (χ3v) is 7.08. The second-order valence-corrected chi connectivity index (χ2v) is 10.8. The molecule has 0 saturated heterocycles. The van der Waals surface area contributed by atoms with Gasteiger partial charge >= 0.3 is 6.18 Å². The number of anilines is 2. The molecule has 0 aliphatic carbocycles. The van der Waals surface area contributed by atoms with Crippen LogP contribution in [0.4, 0.5) is 24.5 Å². The molecule has 2 N–H and O–H groups in total. The molecule has 6 nitrogen and oxygen atoms in total. The van der Waals surface area contributed by atoms with E-state index in [-0.39, 0.29) is 17.3 Å². The fourth-order valence-corrected chi connectivity index (χ4v) is 5.33. The van der Waals surface area contributed by atoms with E-state index in [1.807, 2.05) is 6.92 Å². The maximum Gasteiger partial charge on any atom is 0.416 e. The average molecular weight is 569 g/mol. The molecule has 1 aliphatic rings. The zero-order valence-electron chi connectivity index (χ0n) is 18.6. The highest BCUT2D eigenvalue weighted by Crippen LogP contribution is 2.39. The number of carbonyl (C=O) groups excluding carboxylic acids is 1. The number of rotatable bonds is 4. The van der Waals surface area contributed by atoms with Crippen LogP contribution in [0.5, 0.6) is 5.75 Å². The number of nitrogens with one attached hydrogen (secondary N) is 1. The Morgan fingerprint density at radius 1 is 1.03 bits per heavy atom. The van der Waals surface area contributed by atoms with Gasteiger partial charge in [-0.1, -0.05) is 28.1 Å². The Kier molecular flexibility index (Phi) is 6.35. The van der Waals surface area contributed by atoms with Crippen molar-refractivity contribution < 1.29 is 31.5 Å². The molecule has 0 unspecified atom stereocenters. The van der Waals surface area contributed by atoms with Crippen molar-refractivity contribution in [2.24, 2.45) is 0 Å². The first-order valence-electron chi connectivity index (χ1n) is 10.4. The van der Waals surface area contributed by atoms with Crippen LogP contribution in [0.3, 0.4) is 0 Å². The summed E-state index contributed by atoms with van der Waals surface area (Å²) in [6, 6.07) is 11.0. The van der Waals surface area contributed by atoms with Crippen molar-refractivity contribution in [3.63, 3.8) is 0 Å². The van der Waals surface area contributed by atoms with Gasteiger partial charge in [-0.2, -0.15) is 13.2 Å². The number of nitrogens with zero attached hydrogens (tertiary/aromatic N) is 1. The molecule has 4 rings (SSSR count). The van der Waals surface area contributed by atoms with Gasteiger partial charge in [0.15, 0.2) is 0 Å². The Morgan fingerprint density at radius 2 is 1.69 bits per heavy atom. The van der Waals surface area contributed by atoms with Crippen molar-refractivity contribution in [1.82, 2.24) is 0 Å². The third kappa shape index (κ3) is 5.01. The lowest BCUT2D eigenvalue weighted by atomic mass is 9.88. The van der Waals surface area contributed by atoms with Gasteiger partial charge in [0, 0.05) is 22.3 Å². The highest BCUT2D eigenvalue weighted by Gasteiger charge is 2.32. The van der Waals surface area contributed by atoms with Gasteiger partial charge in [-0.3, -0.25) is 9.52 Å². The Morgan fingerprint density at radius 3 is 2.31 bits per heavy atom. The summed E-state index contributed by atoms with van der Waals surface area (Å²) < 4.78 is 64.8. The summed E-state index contributed by atoms with van der Waals surface area (Å²) in [5.41, 5.74) is 2.96. The Balaban J connectivity index is 1.69. The summed E-state index contributed by atoms with van der Waals surface area (Å²) in [4.78, 5) is 14.8. The van der Waals surface area contributed by atoms with Crippen molar-refractivity contribution in [3.05, 3.63) is 75.3 Å². The molecule has 1 aliphatic heterocycles. The summed E-state index contributed by atoms with van der Waals surface area (Å²) >= 11 is 3.25. The van der Waals surface area contributed by atoms with Crippen molar-refractivity contribution in [1.29, 1.82) is 0 Å². The number of carbonyl (C=O) groups is 1. The highest BCUT2D eigenvalue weighted by atomic mass is 79.9. The number of alkyl halides is 3. The van der Waals surface area contributed by atoms with Crippen LogP contribution in [0.2, 0.25) is 0 Å². The Labute approximate surface area is 208 Å². The van der Waals surface area contributed by atoms with E-state index in [1.165, 1.54) is 29.2 Å². The monoisotopic (exact) mass is 568 g/mol. The second-order valence-electron chi connectivity index (χ2n) is 8.24. The summed E-state index contributed by atoms with van der Waals surface area (Å²) in [6.07, 6.45) is -3.02. The summed E-state index contributed by atoms with van der Waals surface area (Å²) in [5.74, 6) is -0.574. The van der Waals surface area contributed by atoms with Gasteiger partial charge in [-0.05, 0) is 72.0 Å². The number of halogens is 4. The van der Waals surface area contributed by atoms with Gasteiger partial charge in [-0.15, -0.1) is 0 Å². The Bertz CT molecular complexity index is 1460. The number of amides is 1. The van der Waals surface area contributed by atoms with Gasteiger partial charge in [0.05, 0.1) is 17.5 Å². The molecule has 0 atom stereocenters. The fourth-order valence-electron chi connectivity index (χ4n) is 4.17. The topological polar surface area (TPSA) is 86.7 Å². The van der Waals surface area contributed by atoms with E-state index < -0.39 is 21.8 Å². The van der Waals surface area contributed by atoms with Crippen LogP contribution in [0, 0.1) is 6.92 Å². The fraction of sp³-hybridized carbons (Fsp3) is 0.208. The predicted molar refractivity (Wildman–Crippen MR) is 131 cm³/mol. The van der Waals surface area contributed by atoms with Crippen molar-refractivity contribution in [2.45, 2.75) is 19.5 Å². The molecule has 1 heterocycles. The summed E-state index contributed by atoms with van der Waals surface area (Å²) in [6.45, 7) is 2.13. The van der Waals surface area contributed by atoms with E-state index in [2.05, 4.69) is 20.7 Å². The molecule has 0 spiro atoms. The van der Waals surface area contributed by atoms with Crippen LogP contribution in [-0.4, -0.2) is 32.2 Å². The van der Waals surface area contributed by atoms with E-state index in [0.717, 1.165) is 35.1 Å². The van der Waals surface area contributed by atoms with E-state index in [0.29, 0.717) is 34.3 Å². The molecule has 35 heavy (non-hydrogen) atoms. The number of benzene rings is 3. The van der Waals surface area contributed by atoms with Crippen LogP contribution in [-0.2, 0) is 22.6 Å². The van der Waals surface area contributed by atoms with Gasteiger partial charge in [0.25, 0.3) is 5.91 Å². The smallest absolute Gasteiger partial charge is 0.416 e. The number of aromatic hydroxyl groups is 1. The third-order valence-electron chi connectivity index (χ3n) is 5.83. The number of hydrogen-bond acceptors (Lipinski definition) is 4. The first-order valence-corrected chi connectivity index (χ1v) is 13.1. The van der Waals surface area contributed by atoms with E-state index in [1.54, 1.807) is 12.1 Å². The van der Waals surface area contributed by atoms with Crippen LogP contribution in [0.25, 0.3) is 11.1 Å². The molecule has 0 fully saturated rings. The molecule has 184 valence electrons. The predicted octanol–water partition coefficient (Wildman–Crippen LogP) is 5.72. The first-order chi connectivity index (χ1) is 16.3. The number of phenols is 1. The largest absolute Gasteiger partial charge is 0.506 e. The summed E-state index contributed by atoms with van der Waals surface area (Å²) in [5, 5.41) is 9.98. The first kappa shape index (κ1) is 25.1. The van der Waals surface area contributed by atoms with Gasteiger partial charge in [0.2, 0.25) is 10.0 Å². The number of fused-ring (bicyclic) bond motifs is 1. The molecule has 11 heteroatoms.